The van der Waals surface area contributed by atoms with Gasteiger partial charge in [0, 0.05) is 6.54 Å². The van der Waals surface area contributed by atoms with Crippen LogP contribution in [0.1, 0.15) is 12.8 Å². The summed E-state index contributed by atoms with van der Waals surface area (Å²) in [5.41, 5.74) is 0. The van der Waals surface area contributed by atoms with Crippen LogP contribution in [0.25, 0.3) is 0 Å². The van der Waals surface area contributed by atoms with Crippen LogP contribution in [-0.2, 0) is 0 Å². The van der Waals surface area contributed by atoms with Crippen LogP contribution in [0, 0.1) is 5.92 Å². The zero-order valence-corrected chi connectivity index (χ0v) is 8.40. The Morgan fingerprint density at radius 3 is 2.64 bits per heavy atom. The lowest BCUT2D eigenvalue weighted by atomic mass is 10.1. The molecular formula is C9H17F3N2. The van der Waals surface area contributed by atoms with Crippen molar-refractivity contribution in [2.45, 2.75) is 19.0 Å². The van der Waals surface area contributed by atoms with Crippen LogP contribution >= 0.6 is 0 Å². The first kappa shape index (κ1) is 11.8. The molecule has 0 bridgehead atoms. The SMILES string of the molecule is CN1CCC(CCNCC(F)(F)F)C1. The van der Waals surface area contributed by atoms with E-state index in [1.807, 2.05) is 7.05 Å². The van der Waals surface area contributed by atoms with Crippen LogP contribution in [0.5, 0.6) is 0 Å². The van der Waals surface area contributed by atoms with Gasteiger partial charge in [0.2, 0.25) is 0 Å². The summed E-state index contributed by atoms with van der Waals surface area (Å²) in [5.74, 6) is 0.570. The molecule has 1 heterocycles. The minimum absolute atomic E-state index is 0.470. The van der Waals surface area contributed by atoms with Gasteiger partial charge in [0.1, 0.15) is 0 Å². The first-order valence-corrected chi connectivity index (χ1v) is 4.93. The summed E-state index contributed by atoms with van der Waals surface area (Å²) in [4.78, 5) is 2.22. The van der Waals surface area contributed by atoms with E-state index in [0.29, 0.717) is 12.5 Å². The van der Waals surface area contributed by atoms with Gasteiger partial charge in [-0.3, -0.25) is 0 Å². The lowest BCUT2D eigenvalue weighted by molar-refractivity contribution is -0.124. The fourth-order valence-corrected chi connectivity index (χ4v) is 1.80. The normalized spacial score (nSPS) is 24.4. The minimum Gasteiger partial charge on any atom is -0.309 e. The molecule has 1 fully saturated rings. The lowest BCUT2D eigenvalue weighted by Gasteiger charge is -2.12. The molecule has 1 saturated heterocycles. The predicted molar refractivity (Wildman–Crippen MR) is 49.1 cm³/mol. The van der Waals surface area contributed by atoms with E-state index in [1.165, 1.54) is 0 Å². The summed E-state index contributed by atoms with van der Waals surface area (Å²) < 4.78 is 35.2. The Morgan fingerprint density at radius 2 is 2.14 bits per heavy atom. The minimum atomic E-state index is -4.08. The summed E-state index contributed by atoms with van der Waals surface area (Å²) in [6, 6.07) is 0. The Bertz CT molecular complexity index is 170. The number of rotatable bonds is 4. The Labute approximate surface area is 82.5 Å². The Morgan fingerprint density at radius 1 is 1.43 bits per heavy atom. The molecular weight excluding hydrogens is 193 g/mol. The molecule has 1 unspecified atom stereocenters. The highest BCUT2D eigenvalue weighted by atomic mass is 19.4. The summed E-state index contributed by atoms with van der Waals surface area (Å²) in [6.07, 6.45) is -2.11. The number of nitrogens with one attached hydrogen (secondary N) is 1. The van der Waals surface area contributed by atoms with E-state index in [0.717, 1.165) is 25.9 Å². The van der Waals surface area contributed by atoms with Gasteiger partial charge < -0.3 is 10.2 Å². The largest absolute Gasteiger partial charge is 0.401 e. The third kappa shape index (κ3) is 4.81. The first-order valence-electron chi connectivity index (χ1n) is 4.93. The van der Waals surface area contributed by atoms with Crippen LogP contribution in [0.3, 0.4) is 0 Å². The molecule has 0 saturated carbocycles. The molecule has 1 aliphatic rings. The topological polar surface area (TPSA) is 15.3 Å². The fraction of sp³-hybridized carbons (Fsp3) is 1.00. The number of alkyl halides is 3. The highest BCUT2D eigenvalue weighted by Gasteiger charge is 2.26. The van der Waals surface area contributed by atoms with Crippen molar-refractivity contribution in [3.8, 4) is 0 Å². The Hall–Kier alpha value is -0.290. The van der Waals surface area contributed by atoms with Crippen LogP contribution in [-0.4, -0.2) is 44.3 Å². The smallest absolute Gasteiger partial charge is 0.309 e. The van der Waals surface area contributed by atoms with Crippen molar-refractivity contribution in [3.63, 3.8) is 0 Å². The Kier molecular flexibility index (Phi) is 4.19. The predicted octanol–water partition coefficient (Wildman–Crippen LogP) is 1.48. The van der Waals surface area contributed by atoms with Crippen molar-refractivity contribution < 1.29 is 13.2 Å². The van der Waals surface area contributed by atoms with Crippen molar-refractivity contribution in [2.75, 3.05) is 33.2 Å². The molecule has 84 valence electrons. The molecule has 0 radical (unpaired) electrons. The number of halogens is 3. The van der Waals surface area contributed by atoms with E-state index in [4.69, 9.17) is 0 Å². The number of likely N-dealkylation sites (tertiary alicyclic amines) is 1. The maximum Gasteiger partial charge on any atom is 0.401 e. The molecule has 5 heteroatoms. The van der Waals surface area contributed by atoms with Crippen molar-refractivity contribution in [1.29, 1.82) is 0 Å². The maximum absolute atomic E-state index is 11.7. The van der Waals surface area contributed by atoms with Gasteiger partial charge in [-0.15, -0.1) is 0 Å². The van der Waals surface area contributed by atoms with Crippen molar-refractivity contribution in [1.82, 2.24) is 10.2 Å². The second-order valence-corrected chi connectivity index (χ2v) is 4.00. The second-order valence-electron chi connectivity index (χ2n) is 4.00. The monoisotopic (exact) mass is 210 g/mol. The molecule has 0 spiro atoms. The molecule has 0 aromatic rings. The van der Waals surface area contributed by atoms with Gasteiger partial charge >= 0.3 is 6.18 Å². The van der Waals surface area contributed by atoms with Crippen LogP contribution in [0.15, 0.2) is 0 Å². The van der Waals surface area contributed by atoms with E-state index < -0.39 is 12.7 Å². The number of nitrogens with zero attached hydrogens (tertiary/aromatic N) is 1. The van der Waals surface area contributed by atoms with E-state index in [-0.39, 0.29) is 0 Å². The molecule has 0 aromatic carbocycles. The van der Waals surface area contributed by atoms with E-state index in [2.05, 4.69) is 10.2 Å². The van der Waals surface area contributed by atoms with Gasteiger partial charge in [0.25, 0.3) is 0 Å². The molecule has 1 atom stereocenters. The molecule has 14 heavy (non-hydrogen) atoms. The average Bonchev–Trinajstić information content (AvgIpc) is 2.44. The van der Waals surface area contributed by atoms with Gasteiger partial charge in [0.15, 0.2) is 0 Å². The number of hydrogen-bond acceptors (Lipinski definition) is 2. The standard InChI is InChI=1S/C9H17F3N2/c1-14-5-3-8(6-14)2-4-13-7-9(10,11)12/h8,13H,2-7H2,1H3. The molecule has 2 nitrogen and oxygen atoms in total. The van der Waals surface area contributed by atoms with E-state index in [1.54, 1.807) is 0 Å². The zero-order valence-electron chi connectivity index (χ0n) is 8.40. The van der Waals surface area contributed by atoms with Gasteiger partial charge in [-0.05, 0) is 38.9 Å². The van der Waals surface area contributed by atoms with Gasteiger partial charge in [0.05, 0.1) is 6.54 Å². The summed E-state index contributed by atoms with van der Waals surface area (Å²) in [5, 5.41) is 2.42. The highest BCUT2D eigenvalue weighted by Crippen LogP contribution is 2.17. The Balaban J connectivity index is 1.99. The van der Waals surface area contributed by atoms with Gasteiger partial charge in [-0.2, -0.15) is 13.2 Å². The lowest BCUT2D eigenvalue weighted by Crippen LogP contribution is -2.30. The fourth-order valence-electron chi connectivity index (χ4n) is 1.80. The van der Waals surface area contributed by atoms with Crippen LogP contribution in [0.2, 0.25) is 0 Å². The third-order valence-corrected chi connectivity index (χ3v) is 2.54. The molecule has 1 N–H and O–H groups in total. The van der Waals surface area contributed by atoms with Crippen LogP contribution < -0.4 is 5.32 Å². The molecule has 0 aromatic heterocycles. The summed E-state index contributed by atoms with van der Waals surface area (Å²) in [7, 11) is 2.04. The van der Waals surface area contributed by atoms with E-state index in [9.17, 15) is 13.2 Å². The zero-order chi connectivity index (χ0) is 10.6. The van der Waals surface area contributed by atoms with Crippen LogP contribution in [0.4, 0.5) is 13.2 Å². The quantitative estimate of drug-likeness (QED) is 0.707. The summed E-state index contributed by atoms with van der Waals surface area (Å²) in [6.45, 7) is 1.70. The molecule has 0 aliphatic carbocycles. The van der Waals surface area contributed by atoms with E-state index >= 15 is 0 Å². The highest BCUT2D eigenvalue weighted by molar-refractivity contribution is 4.73. The summed E-state index contributed by atoms with van der Waals surface area (Å²) >= 11 is 0. The molecule has 1 aliphatic heterocycles. The van der Waals surface area contributed by atoms with Crippen molar-refractivity contribution in [3.05, 3.63) is 0 Å². The van der Waals surface area contributed by atoms with Crippen molar-refractivity contribution >= 4 is 0 Å². The third-order valence-electron chi connectivity index (χ3n) is 2.54. The molecule has 0 amide bonds. The first-order chi connectivity index (χ1) is 6.47. The second kappa shape index (κ2) is 4.98. The average molecular weight is 210 g/mol. The maximum atomic E-state index is 11.7. The van der Waals surface area contributed by atoms with Gasteiger partial charge in [-0.1, -0.05) is 0 Å². The van der Waals surface area contributed by atoms with Crippen molar-refractivity contribution in [2.24, 2.45) is 5.92 Å². The number of hydrogen-bond donors (Lipinski definition) is 1. The molecule has 1 rings (SSSR count). The van der Waals surface area contributed by atoms with Gasteiger partial charge in [-0.25, -0.2) is 0 Å².